The van der Waals surface area contributed by atoms with Gasteiger partial charge < -0.3 is 15.0 Å². The normalized spacial score (nSPS) is 12.9. The highest BCUT2D eigenvalue weighted by Crippen LogP contribution is 2.33. The number of amides is 1. The fourth-order valence-electron chi connectivity index (χ4n) is 2.67. The molecule has 6 heteroatoms. The van der Waals surface area contributed by atoms with Crippen LogP contribution in [0, 0.1) is 0 Å². The Morgan fingerprint density at radius 1 is 1.42 bits per heavy atom. The van der Waals surface area contributed by atoms with Crippen LogP contribution in [0.2, 0.25) is 5.02 Å². The largest absolute Gasteiger partial charge is 0.456 e. The lowest BCUT2D eigenvalue weighted by Crippen LogP contribution is -2.23. The van der Waals surface area contributed by atoms with Crippen LogP contribution in [0.1, 0.15) is 56.0 Å². The molecular formula is C18H23ClN2O3. The number of H-pyrrole nitrogens is 1. The number of nitrogens with one attached hydrogen (secondary N) is 2. The Balaban J connectivity index is 2.45. The predicted octanol–water partition coefficient (Wildman–Crippen LogP) is 4.02. The van der Waals surface area contributed by atoms with Crippen LogP contribution in [-0.2, 0) is 9.53 Å². The Morgan fingerprint density at radius 2 is 2.12 bits per heavy atom. The minimum Gasteiger partial charge on any atom is -0.456 e. The summed E-state index contributed by atoms with van der Waals surface area (Å²) in [5, 5.41) is 4.06. The number of fused-ring (bicyclic) bond motifs is 1. The molecule has 24 heavy (non-hydrogen) atoms. The van der Waals surface area contributed by atoms with Crippen molar-refractivity contribution in [2.75, 3.05) is 6.54 Å². The van der Waals surface area contributed by atoms with E-state index in [-0.39, 0.29) is 5.92 Å². The first kappa shape index (κ1) is 18.3. The van der Waals surface area contributed by atoms with Crippen LogP contribution in [0.3, 0.4) is 0 Å². The number of benzene rings is 1. The van der Waals surface area contributed by atoms with Gasteiger partial charge in [-0.2, -0.15) is 0 Å². The Labute approximate surface area is 146 Å². The van der Waals surface area contributed by atoms with Crippen LogP contribution < -0.4 is 5.32 Å². The minimum absolute atomic E-state index is 0.133. The van der Waals surface area contributed by atoms with Gasteiger partial charge in [-0.1, -0.05) is 18.5 Å². The molecule has 0 spiro atoms. The summed E-state index contributed by atoms with van der Waals surface area (Å²) in [5.74, 6) is -0.272. The van der Waals surface area contributed by atoms with E-state index in [1.165, 1.54) is 0 Å². The van der Waals surface area contributed by atoms with Gasteiger partial charge >= 0.3 is 5.97 Å². The van der Waals surface area contributed by atoms with E-state index in [4.69, 9.17) is 16.3 Å². The van der Waals surface area contributed by atoms with Crippen LogP contribution >= 0.6 is 11.6 Å². The van der Waals surface area contributed by atoms with Gasteiger partial charge in [-0.3, -0.25) is 4.79 Å². The van der Waals surface area contributed by atoms with Crippen LogP contribution in [0.4, 0.5) is 0 Å². The number of carbonyl (C=O) groups excluding carboxylic acids is 2. The Kier molecular flexibility index (Phi) is 5.54. The van der Waals surface area contributed by atoms with Crippen LogP contribution in [0.5, 0.6) is 0 Å². The molecule has 5 nitrogen and oxygen atoms in total. The van der Waals surface area contributed by atoms with Gasteiger partial charge in [0.2, 0.25) is 6.41 Å². The number of aromatic nitrogens is 1. The van der Waals surface area contributed by atoms with Gasteiger partial charge in [0.1, 0.15) is 5.60 Å². The summed E-state index contributed by atoms with van der Waals surface area (Å²) in [7, 11) is 0. The maximum Gasteiger partial charge on any atom is 0.338 e. The molecule has 0 radical (unpaired) electrons. The standard InChI is InChI=1S/C18H23ClN2O3/c1-5-11(8-20-10-22)14-9-21-16-13(14)6-12(7-15(16)19)17(23)24-18(2,3)4/h6-7,9-11,21H,5,8H2,1-4H3,(H,20,22). The van der Waals surface area contributed by atoms with Crippen molar-refractivity contribution >= 4 is 34.9 Å². The van der Waals surface area contributed by atoms with Gasteiger partial charge in [0.15, 0.2) is 0 Å². The highest BCUT2D eigenvalue weighted by atomic mass is 35.5. The summed E-state index contributed by atoms with van der Waals surface area (Å²) in [6.45, 7) is 8.05. The molecule has 130 valence electrons. The summed E-state index contributed by atoms with van der Waals surface area (Å²) < 4.78 is 5.43. The lowest BCUT2D eigenvalue weighted by atomic mass is 9.95. The Morgan fingerprint density at radius 3 is 2.71 bits per heavy atom. The fourth-order valence-corrected chi connectivity index (χ4v) is 2.94. The van der Waals surface area contributed by atoms with Crippen LogP contribution in [0.25, 0.3) is 10.9 Å². The molecule has 0 bridgehead atoms. The number of carbonyl (C=O) groups is 2. The second-order valence-electron chi connectivity index (χ2n) is 6.76. The fraction of sp³-hybridized carbons (Fsp3) is 0.444. The molecule has 0 aliphatic heterocycles. The lowest BCUT2D eigenvalue weighted by Gasteiger charge is -2.20. The first-order valence-electron chi connectivity index (χ1n) is 7.97. The molecule has 0 aliphatic rings. The molecule has 0 saturated heterocycles. The van der Waals surface area contributed by atoms with Gasteiger partial charge in [-0.05, 0) is 44.9 Å². The predicted molar refractivity (Wildman–Crippen MR) is 95.6 cm³/mol. The Bertz CT molecular complexity index is 747. The lowest BCUT2D eigenvalue weighted by molar-refractivity contribution is -0.109. The maximum atomic E-state index is 12.4. The van der Waals surface area contributed by atoms with Crippen molar-refractivity contribution in [2.45, 2.75) is 45.6 Å². The van der Waals surface area contributed by atoms with E-state index in [0.29, 0.717) is 23.5 Å². The highest BCUT2D eigenvalue weighted by Gasteiger charge is 2.21. The molecule has 1 aromatic heterocycles. The number of hydrogen-bond acceptors (Lipinski definition) is 3. The third kappa shape index (κ3) is 4.09. The van der Waals surface area contributed by atoms with E-state index in [9.17, 15) is 9.59 Å². The second kappa shape index (κ2) is 7.26. The van der Waals surface area contributed by atoms with Gasteiger partial charge in [0.25, 0.3) is 0 Å². The van der Waals surface area contributed by atoms with Crippen molar-refractivity contribution in [1.82, 2.24) is 10.3 Å². The van der Waals surface area contributed by atoms with Crippen molar-refractivity contribution in [1.29, 1.82) is 0 Å². The van der Waals surface area contributed by atoms with E-state index in [1.807, 2.05) is 27.0 Å². The van der Waals surface area contributed by atoms with E-state index in [1.54, 1.807) is 12.1 Å². The quantitative estimate of drug-likeness (QED) is 0.610. The molecule has 1 unspecified atom stereocenters. The van der Waals surface area contributed by atoms with Gasteiger partial charge in [-0.25, -0.2) is 4.79 Å². The van der Waals surface area contributed by atoms with E-state index >= 15 is 0 Å². The molecule has 1 amide bonds. The highest BCUT2D eigenvalue weighted by molar-refractivity contribution is 6.35. The minimum atomic E-state index is -0.570. The van der Waals surface area contributed by atoms with Crippen molar-refractivity contribution in [2.24, 2.45) is 0 Å². The van der Waals surface area contributed by atoms with Crippen molar-refractivity contribution in [3.05, 3.63) is 34.5 Å². The zero-order chi connectivity index (χ0) is 17.9. The third-order valence-electron chi connectivity index (χ3n) is 3.79. The molecule has 1 aromatic carbocycles. The zero-order valence-corrected chi connectivity index (χ0v) is 15.2. The molecule has 1 heterocycles. The van der Waals surface area contributed by atoms with Crippen LogP contribution in [0.15, 0.2) is 18.3 Å². The van der Waals surface area contributed by atoms with Crippen molar-refractivity contribution < 1.29 is 14.3 Å². The molecule has 2 N–H and O–H groups in total. The van der Waals surface area contributed by atoms with Crippen LogP contribution in [-0.4, -0.2) is 29.5 Å². The first-order valence-corrected chi connectivity index (χ1v) is 8.35. The van der Waals surface area contributed by atoms with Gasteiger partial charge in [-0.15, -0.1) is 0 Å². The molecule has 1 atom stereocenters. The maximum absolute atomic E-state index is 12.4. The van der Waals surface area contributed by atoms with Gasteiger partial charge in [0, 0.05) is 24.0 Å². The molecule has 0 fully saturated rings. The molecule has 2 rings (SSSR count). The monoisotopic (exact) mass is 350 g/mol. The van der Waals surface area contributed by atoms with Crippen molar-refractivity contribution in [3.8, 4) is 0 Å². The second-order valence-corrected chi connectivity index (χ2v) is 7.17. The summed E-state index contributed by atoms with van der Waals surface area (Å²) in [4.78, 5) is 26.1. The summed E-state index contributed by atoms with van der Waals surface area (Å²) in [5.41, 5.74) is 1.65. The number of ether oxygens (including phenoxy) is 1. The SMILES string of the molecule is CCC(CNC=O)c1c[nH]c2c(Cl)cc(C(=O)OC(C)(C)C)cc12. The van der Waals surface area contributed by atoms with Gasteiger partial charge in [0.05, 0.1) is 16.1 Å². The zero-order valence-electron chi connectivity index (χ0n) is 14.4. The summed E-state index contributed by atoms with van der Waals surface area (Å²) in [6.07, 6.45) is 3.43. The van der Waals surface area contributed by atoms with E-state index in [0.717, 1.165) is 22.9 Å². The third-order valence-corrected chi connectivity index (χ3v) is 4.09. The number of aromatic amines is 1. The smallest absolute Gasteiger partial charge is 0.338 e. The molecule has 0 aliphatic carbocycles. The summed E-state index contributed by atoms with van der Waals surface area (Å²) in [6, 6.07) is 3.41. The van der Waals surface area contributed by atoms with Crippen molar-refractivity contribution in [3.63, 3.8) is 0 Å². The molecular weight excluding hydrogens is 328 g/mol. The van der Waals surface area contributed by atoms with E-state index in [2.05, 4.69) is 17.2 Å². The average Bonchev–Trinajstić information content (AvgIpc) is 2.91. The number of esters is 1. The van der Waals surface area contributed by atoms with E-state index < -0.39 is 11.6 Å². The topological polar surface area (TPSA) is 71.2 Å². The molecule has 2 aromatic rings. The number of rotatable bonds is 6. The summed E-state index contributed by atoms with van der Waals surface area (Å²) >= 11 is 6.33. The number of halogens is 1. The average molecular weight is 351 g/mol. The Hall–Kier alpha value is -2.01. The first-order chi connectivity index (χ1) is 11.3. The molecule has 0 saturated carbocycles. The number of hydrogen-bond donors (Lipinski definition) is 2.